The molecule has 2 aromatic rings. The van der Waals surface area contributed by atoms with Crippen LogP contribution in [0.2, 0.25) is 0 Å². The summed E-state index contributed by atoms with van der Waals surface area (Å²) in [6.45, 7) is 4.20. The Kier molecular flexibility index (Phi) is 4.48. The Balaban J connectivity index is 1.47. The van der Waals surface area contributed by atoms with Gasteiger partial charge in [0, 0.05) is 31.7 Å². The number of pyridine rings is 1. The summed E-state index contributed by atoms with van der Waals surface area (Å²) in [6.07, 6.45) is 6.17. The van der Waals surface area contributed by atoms with Crippen LogP contribution in [0, 0.1) is 0 Å². The molecule has 7 nitrogen and oxygen atoms in total. The highest BCUT2D eigenvalue weighted by Gasteiger charge is 2.39. The summed E-state index contributed by atoms with van der Waals surface area (Å²) in [5, 5.41) is 4.05. The summed E-state index contributed by atoms with van der Waals surface area (Å²) in [6, 6.07) is 6.35. The van der Waals surface area contributed by atoms with Crippen molar-refractivity contribution < 1.29 is 9.32 Å². The van der Waals surface area contributed by atoms with E-state index in [1.807, 2.05) is 23.1 Å². The van der Waals surface area contributed by atoms with E-state index in [2.05, 4.69) is 20.0 Å². The van der Waals surface area contributed by atoms with Crippen molar-refractivity contribution in [3.8, 4) is 11.5 Å². The number of carbonyl (C=O) groups excluding carboxylic acids is 1. The van der Waals surface area contributed by atoms with Gasteiger partial charge in [0.15, 0.2) is 0 Å². The molecule has 7 heteroatoms. The largest absolute Gasteiger partial charge is 0.338 e. The topological polar surface area (TPSA) is 75.4 Å². The molecule has 4 rings (SSSR count). The quantitative estimate of drug-likeness (QED) is 0.848. The van der Waals surface area contributed by atoms with Crippen molar-refractivity contribution in [1.82, 2.24) is 24.9 Å². The van der Waals surface area contributed by atoms with Gasteiger partial charge in [0.2, 0.25) is 17.6 Å². The van der Waals surface area contributed by atoms with Crippen molar-refractivity contribution >= 4 is 5.91 Å². The van der Waals surface area contributed by atoms with Gasteiger partial charge in [-0.2, -0.15) is 4.98 Å². The van der Waals surface area contributed by atoms with Crippen LogP contribution >= 0.6 is 0 Å². The summed E-state index contributed by atoms with van der Waals surface area (Å²) in [5.41, 5.74) is 0.717. The number of carbonyl (C=O) groups is 1. The molecule has 2 saturated heterocycles. The highest BCUT2D eigenvalue weighted by atomic mass is 16.5. The zero-order chi connectivity index (χ0) is 17.2. The Morgan fingerprint density at radius 3 is 2.88 bits per heavy atom. The van der Waals surface area contributed by atoms with Crippen LogP contribution < -0.4 is 0 Å². The number of amides is 1. The standard InChI is InChI=1S/C18H23N5O2/c1-13(24)23-11-5-8-16(23)15-7-4-10-22(15)12-17-20-18(21-25-17)14-6-2-3-9-19-14/h2-3,6,9,15-16H,4-5,7-8,10-12H2,1H3/t15-,16+/m1/s1. The zero-order valence-corrected chi connectivity index (χ0v) is 14.5. The van der Waals surface area contributed by atoms with Crippen molar-refractivity contribution in [3.63, 3.8) is 0 Å². The maximum atomic E-state index is 11.9. The van der Waals surface area contributed by atoms with Crippen LogP contribution in [-0.4, -0.2) is 56.0 Å². The number of rotatable bonds is 4. The molecule has 0 bridgehead atoms. The number of nitrogens with zero attached hydrogens (tertiary/aromatic N) is 5. The van der Waals surface area contributed by atoms with Gasteiger partial charge in [-0.05, 0) is 44.4 Å². The number of likely N-dealkylation sites (tertiary alicyclic amines) is 2. The lowest BCUT2D eigenvalue weighted by Crippen LogP contribution is -2.47. The summed E-state index contributed by atoms with van der Waals surface area (Å²) in [4.78, 5) is 25.1. The molecule has 2 fully saturated rings. The summed E-state index contributed by atoms with van der Waals surface area (Å²) >= 11 is 0. The molecule has 2 aliphatic rings. The van der Waals surface area contributed by atoms with Gasteiger partial charge in [-0.15, -0.1) is 0 Å². The van der Waals surface area contributed by atoms with Gasteiger partial charge in [-0.3, -0.25) is 14.7 Å². The molecule has 0 aliphatic carbocycles. The van der Waals surface area contributed by atoms with Crippen LogP contribution in [0.4, 0.5) is 0 Å². The molecule has 2 atom stereocenters. The van der Waals surface area contributed by atoms with E-state index in [1.165, 1.54) is 0 Å². The molecule has 4 heterocycles. The molecular weight excluding hydrogens is 318 g/mol. The first-order valence-electron chi connectivity index (χ1n) is 8.97. The van der Waals surface area contributed by atoms with E-state index in [1.54, 1.807) is 13.1 Å². The summed E-state index contributed by atoms with van der Waals surface area (Å²) < 4.78 is 5.44. The van der Waals surface area contributed by atoms with E-state index in [-0.39, 0.29) is 5.91 Å². The predicted molar refractivity (Wildman–Crippen MR) is 91.4 cm³/mol. The van der Waals surface area contributed by atoms with E-state index in [0.29, 0.717) is 36.0 Å². The Bertz CT molecular complexity index is 732. The SMILES string of the molecule is CC(=O)N1CCC[C@H]1[C@H]1CCCN1Cc1nc(-c2ccccn2)no1. The normalized spacial score (nSPS) is 24.1. The van der Waals surface area contributed by atoms with E-state index in [9.17, 15) is 4.79 Å². The highest BCUT2D eigenvalue weighted by molar-refractivity contribution is 5.74. The first-order chi connectivity index (χ1) is 12.2. The van der Waals surface area contributed by atoms with Crippen molar-refractivity contribution in [1.29, 1.82) is 0 Å². The smallest absolute Gasteiger partial charge is 0.241 e. The molecule has 132 valence electrons. The third kappa shape index (κ3) is 3.28. The first kappa shape index (κ1) is 16.2. The molecule has 2 aliphatic heterocycles. The minimum absolute atomic E-state index is 0.185. The molecule has 1 amide bonds. The molecule has 0 saturated carbocycles. The first-order valence-corrected chi connectivity index (χ1v) is 8.97. The monoisotopic (exact) mass is 341 g/mol. The Hall–Kier alpha value is -2.28. The molecule has 0 N–H and O–H groups in total. The fourth-order valence-electron chi connectivity index (χ4n) is 4.16. The second-order valence-electron chi connectivity index (χ2n) is 6.83. The van der Waals surface area contributed by atoms with Crippen LogP contribution in [0.25, 0.3) is 11.5 Å². The van der Waals surface area contributed by atoms with Crippen LogP contribution in [0.3, 0.4) is 0 Å². The van der Waals surface area contributed by atoms with Crippen LogP contribution in [0.15, 0.2) is 28.9 Å². The van der Waals surface area contributed by atoms with Gasteiger partial charge in [-0.1, -0.05) is 11.2 Å². The second-order valence-corrected chi connectivity index (χ2v) is 6.83. The fraction of sp³-hybridized carbons (Fsp3) is 0.556. The lowest BCUT2D eigenvalue weighted by atomic mass is 10.0. The minimum Gasteiger partial charge on any atom is -0.338 e. The van der Waals surface area contributed by atoms with Gasteiger partial charge < -0.3 is 9.42 Å². The van der Waals surface area contributed by atoms with Gasteiger partial charge in [0.05, 0.1) is 6.54 Å². The molecule has 25 heavy (non-hydrogen) atoms. The highest BCUT2D eigenvalue weighted by Crippen LogP contribution is 2.31. The summed E-state index contributed by atoms with van der Waals surface area (Å²) in [5.74, 6) is 1.32. The molecule has 0 radical (unpaired) electrons. The third-order valence-electron chi connectivity index (χ3n) is 5.26. The van der Waals surface area contributed by atoms with Gasteiger partial charge in [0.1, 0.15) is 5.69 Å². The van der Waals surface area contributed by atoms with Crippen LogP contribution in [0.5, 0.6) is 0 Å². The number of aromatic nitrogens is 3. The lowest BCUT2D eigenvalue weighted by Gasteiger charge is -2.33. The predicted octanol–water partition coefficient (Wildman–Crippen LogP) is 2.11. The Labute approximate surface area is 147 Å². The average Bonchev–Trinajstić information content (AvgIpc) is 3.36. The molecular formula is C18H23N5O2. The third-order valence-corrected chi connectivity index (χ3v) is 5.26. The van der Waals surface area contributed by atoms with Crippen LogP contribution in [0.1, 0.15) is 38.5 Å². The lowest BCUT2D eigenvalue weighted by molar-refractivity contribution is -0.130. The Morgan fingerprint density at radius 2 is 2.08 bits per heavy atom. The van der Waals surface area contributed by atoms with Crippen molar-refractivity contribution in [2.75, 3.05) is 13.1 Å². The van der Waals surface area contributed by atoms with Crippen molar-refractivity contribution in [3.05, 3.63) is 30.3 Å². The number of hydrogen-bond acceptors (Lipinski definition) is 6. The average molecular weight is 341 g/mol. The molecule has 0 spiro atoms. The second kappa shape index (κ2) is 6.92. The minimum atomic E-state index is 0.185. The molecule has 0 aromatic carbocycles. The van der Waals surface area contributed by atoms with Crippen LogP contribution in [-0.2, 0) is 11.3 Å². The van der Waals surface area contributed by atoms with Crippen molar-refractivity contribution in [2.45, 2.75) is 51.2 Å². The maximum absolute atomic E-state index is 11.9. The van der Waals surface area contributed by atoms with Crippen molar-refractivity contribution in [2.24, 2.45) is 0 Å². The molecule has 0 unspecified atom stereocenters. The maximum Gasteiger partial charge on any atom is 0.241 e. The fourth-order valence-corrected chi connectivity index (χ4v) is 4.16. The van der Waals surface area contributed by atoms with E-state index >= 15 is 0 Å². The van der Waals surface area contributed by atoms with Gasteiger partial charge >= 0.3 is 0 Å². The number of hydrogen-bond donors (Lipinski definition) is 0. The van der Waals surface area contributed by atoms with E-state index in [4.69, 9.17) is 4.52 Å². The van der Waals surface area contributed by atoms with E-state index < -0.39 is 0 Å². The molecule has 2 aromatic heterocycles. The van der Waals surface area contributed by atoms with Gasteiger partial charge in [0.25, 0.3) is 0 Å². The van der Waals surface area contributed by atoms with E-state index in [0.717, 1.165) is 38.8 Å². The summed E-state index contributed by atoms with van der Waals surface area (Å²) in [7, 11) is 0. The Morgan fingerprint density at radius 1 is 1.24 bits per heavy atom. The zero-order valence-electron chi connectivity index (χ0n) is 14.5. The van der Waals surface area contributed by atoms with Gasteiger partial charge in [-0.25, -0.2) is 0 Å².